The molecular weight excluding hydrogens is 316 g/mol. The average molecular weight is 332 g/mol. The number of oxazole rings is 1. The summed E-state index contributed by atoms with van der Waals surface area (Å²) in [6.07, 6.45) is 3.61. The second-order valence-electron chi connectivity index (χ2n) is 5.44. The zero-order valence-electron chi connectivity index (χ0n) is 12.7. The molecule has 126 valence electrons. The molecule has 3 N–H and O–H groups in total. The van der Waals surface area contributed by atoms with Gasteiger partial charge in [-0.1, -0.05) is 0 Å². The van der Waals surface area contributed by atoms with Gasteiger partial charge in [-0.05, 0) is 25.0 Å². The number of amides is 3. The van der Waals surface area contributed by atoms with Gasteiger partial charge in [0.05, 0.1) is 6.26 Å². The summed E-state index contributed by atoms with van der Waals surface area (Å²) in [5.41, 5.74) is 5.36. The molecule has 3 amide bonds. The molecule has 24 heavy (non-hydrogen) atoms. The molecule has 2 aromatic rings. The van der Waals surface area contributed by atoms with Crippen molar-refractivity contribution in [3.8, 4) is 0 Å². The van der Waals surface area contributed by atoms with Crippen LogP contribution in [0, 0.1) is 5.92 Å². The second-order valence-corrected chi connectivity index (χ2v) is 5.44. The predicted molar refractivity (Wildman–Crippen MR) is 81.0 cm³/mol. The van der Waals surface area contributed by atoms with Crippen molar-refractivity contribution in [1.29, 1.82) is 0 Å². The minimum absolute atomic E-state index is 0.0854. The summed E-state index contributed by atoms with van der Waals surface area (Å²) in [5.74, 6) is -1.28. The second kappa shape index (κ2) is 6.57. The van der Waals surface area contributed by atoms with Crippen molar-refractivity contribution >= 4 is 23.7 Å². The first-order chi connectivity index (χ1) is 11.5. The van der Waals surface area contributed by atoms with Crippen LogP contribution in [0.15, 0.2) is 33.5 Å². The number of nitrogens with two attached hydrogens (primary N) is 1. The molecule has 9 nitrogen and oxygen atoms in total. The Kier molecular flexibility index (Phi) is 4.32. The van der Waals surface area contributed by atoms with Gasteiger partial charge in [-0.15, -0.1) is 0 Å². The Morgan fingerprint density at radius 2 is 2.00 bits per heavy atom. The molecule has 0 unspecified atom stereocenters. The Balaban J connectivity index is 1.60. The number of piperidine rings is 1. The van der Waals surface area contributed by atoms with Gasteiger partial charge in [-0.2, -0.15) is 4.98 Å². The van der Waals surface area contributed by atoms with E-state index in [1.807, 2.05) is 0 Å². The van der Waals surface area contributed by atoms with Gasteiger partial charge >= 0.3 is 6.01 Å². The Morgan fingerprint density at radius 1 is 1.25 bits per heavy atom. The van der Waals surface area contributed by atoms with Crippen LogP contribution >= 0.6 is 0 Å². The van der Waals surface area contributed by atoms with Gasteiger partial charge in [0.2, 0.25) is 5.91 Å². The zero-order chi connectivity index (χ0) is 17.1. The molecule has 2 aromatic heterocycles. The summed E-state index contributed by atoms with van der Waals surface area (Å²) < 4.78 is 10.1. The van der Waals surface area contributed by atoms with Gasteiger partial charge in [0, 0.05) is 19.0 Å². The number of primary amides is 1. The van der Waals surface area contributed by atoms with E-state index in [1.54, 1.807) is 11.0 Å². The standard InChI is InChI=1S/C15H16N4O5/c16-12(20)9-3-5-19(6-4-9)14(22)10-8-24-15(17-10)18-13(21)11-2-1-7-23-11/h1-2,7-9H,3-6H2,(H2,16,20)(H,17,18,21). The SMILES string of the molecule is NC(=O)C1CCN(C(=O)c2coc(NC(=O)c3ccco3)n2)CC1. The number of hydrogen-bond donors (Lipinski definition) is 2. The van der Waals surface area contributed by atoms with E-state index in [1.165, 1.54) is 18.6 Å². The molecule has 3 heterocycles. The number of likely N-dealkylation sites (tertiary alicyclic amines) is 1. The maximum atomic E-state index is 12.4. The van der Waals surface area contributed by atoms with Crippen LogP contribution in [0.5, 0.6) is 0 Å². The molecule has 0 spiro atoms. The van der Waals surface area contributed by atoms with Crippen LogP contribution in [-0.4, -0.2) is 40.7 Å². The van der Waals surface area contributed by atoms with Gasteiger partial charge < -0.3 is 19.5 Å². The number of hydrogen-bond acceptors (Lipinski definition) is 6. The van der Waals surface area contributed by atoms with Gasteiger partial charge in [0.1, 0.15) is 6.26 Å². The quantitative estimate of drug-likeness (QED) is 0.853. The van der Waals surface area contributed by atoms with Crippen molar-refractivity contribution in [2.24, 2.45) is 11.7 Å². The highest BCUT2D eigenvalue weighted by Gasteiger charge is 2.28. The van der Waals surface area contributed by atoms with E-state index in [0.29, 0.717) is 25.9 Å². The third-order valence-corrected chi connectivity index (χ3v) is 3.87. The smallest absolute Gasteiger partial charge is 0.302 e. The van der Waals surface area contributed by atoms with Crippen LogP contribution in [-0.2, 0) is 4.79 Å². The number of nitrogens with one attached hydrogen (secondary N) is 1. The number of nitrogens with zero attached hydrogens (tertiary/aromatic N) is 2. The zero-order valence-corrected chi connectivity index (χ0v) is 12.7. The molecule has 1 saturated heterocycles. The molecule has 0 aromatic carbocycles. The molecule has 1 aliphatic heterocycles. The number of rotatable bonds is 4. The average Bonchev–Trinajstić information content (AvgIpc) is 3.26. The van der Waals surface area contributed by atoms with Gasteiger partial charge in [0.25, 0.3) is 11.8 Å². The molecule has 3 rings (SSSR count). The van der Waals surface area contributed by atoms with Crippen molar-refractivity contribution in [1.82, 2.24) is 9.88 Å². The normalized spacial score (nSPS) is 15.2. The molecule has 0 aliphatic carbocycles. The van der Waals surface area contributed by atoms with Gasteiger partial charge in [0.15, 0.2) is 11.5 Å². The minimum atomic E-state index is -0.525. The van der Waals surface area contributed by atoms with E-state index in [-0.39, 0.29) is 35.2 Å². The number of furan rings is 1. The molecule has 0 atom stereocenters. The first-order valence-corrected chi connectivity index (χ1v) is 7.43. The number of aromatic nitrogens is 1. The maximum Gasteiger partial charge on any atom is 0.302 e. The van der Waals surface area contributed by atoms with Crippen LogP contribution in [0.2, 0.25) is 0 Å². The summed E-state index contributed by atoms with van der Waals surface area (Å²) in [7, 11) is 0. The first kappa shape index (κ1) is 15.8. The molecular formula is C15H16N4O5. The Hall–Kier alpha value is -3.10. The lowest BCUT2D eigenvalue weighted by Crippen LogP contribution is -2.41. The molecule has 9 heteroatoms. The van der Waals surface area contributed by atoms with Gasteiger partial charge in [-0.25, -0.2) is 0 Å². The lowest BCUT2D eigenvalue weighted by atomic mass is 9.96. The highest BCUT2D eigenvalue weighted by Crippen LogP contribution is 2.19. The summed E-state index contributed by atoms with van der Waals surface area (Å²) >= 11 is 0. The lowest BCUT2D eigenvalue weighted by Gasteiger charge is -2.29. The van der Waals surface area contributed by atoms with E-state index in [4.69, 9.17) is 14.6 Å². The van der Waals surface area contributed by atoms with Crippen LogP contribution < -0.4 is 11.1 Å². The van der Waals surface area contributed by atoms with Crippen LogP contribution in [0.4, 0.5) is 6.01 Å². The Morgan fingerprint density at radius 3 is 2.62 bits per heavy atom. The van der Waals surface area contributed by atoms with Crippen molar-refractivity contribution in [2.75, 3.05) is 18.4 Å². The fourth-order valence-electron chi connectivity index (χ4n) is 2.52. The lowest BCUT2D eigenvalue weighted by molar-refractivity contribution is -0.123. The third-order valence-electron chi connectivity index (χ3n) is 3.87. The topological polar surface area (TPSA) is 132 Å². The highest BCUT2D eigenvalue weighted by molar-refractivity contribution is 6.01. The van der Waals surface area contributed by atoms with E-state index in [2.05, 4.69) is 10.3 Å². The fraction of sp³-hybridized carbons (Fsp3) is 0.333. The van der Waals surface area contributed by atoms with E-state index in [9.17, 15) is 14.4 Å². The monoisotopic (exact) mass is 332 g/mol. The number of anilines is 1. The van der Waals surface area contributed by atoms with Crippen LogP contribution in [0.3, 0.4) is 0 Å². The fourth-order valence-corrected chi connectivity index (χ4v) is 2.52. The van der Waals surface area contributed by atoms with Crippen LogP contribution in [0.25, 0.3) is 0 Å². The molecule has 0 saturated carbocycles. The summed E-state index contributed by atoms with van der Waals surface area (Å²) in [6.45, 7) is 0.848. The van der Waals surface area contributed by atoms with Crippen LogP contribution in [0.1, 0.15) is 33.9 Å². The summed E-state index contributed by atoms with van der Waals surface area (Å²) in [6, 6.07) is 2.98. The van der Waals surface area contributed by atoms with Crippen molar-refractivity contribution in [3.63, 3.8) is 0 Å². The molecule has 0 radical (unpaired) electrons. The molecule has 1 aliphatic rings. The summed E-state index contributed by atoms with van der Waals surface area (Å²) in [5, 5.41) is 2.40. The predicted octanol–water partition coefficient (Wildman–Crippen LogP) is 0.857. The van der Waals surface area contributed by atoms with E-state index in [0.717, 1.165) is 0 Å². The maximum absolute atomic E-state index is 12.4. The van der Waals surface area contributed by atoms with Crippen molar-refractivity contribution in [2.45, 2.75) is 12.8 Å². The van der Waals surface area contributed by atoms with Crippen molar-refractivity contribution in [3.05, 3.63) is 36.1 Å². The van der Waals surface area contributed by atoms with E-state index >= 15 is 0 Å². The van der Waals surface area contributed by atoms with Gasteiger partial charge in [-0.3, -0.25) is 19.7 Å². The van der Waals surface area contributed by atoms with E-state index < -0.39 is 5.91 Å². The highest BCUT2D eigenvalue weighted by atomic mass is 16.4. The summed E-state index contributed by atoms with van der Waals surface area (Å²) in [4.78, 5) is 40.9. The number of carbonyl (C=O) groups is 3. The third kappa shape index (κ3) is 3.29. The van der Waals surface area contributed by atoms with Crippen molar-refractivity contribution < 1.29 is 23.2 Å². The Bertz CT molecular complexity index is 744. The largest absolute Gasteiger partial charge is 0.459 e. The Labute approximate surface area is 136 Å². The number of carbonyl (C=O) groups excluding carboxylic acids is 3. The molecule has 1 fully saturated rings. The first-order valence-electron chi connectivity index (χ1n) is 7.43. The molecule has 0 bridgehead atoms. The minimum Gasteiger partial charge on any atom is -0.459 e.